The van der Waals surface area contributed by atoms with Crippen LogP contribution in [-0.2, 0) is 4.79 Å². The Kier molecular flexibility index (Phi) is 7.56. The standard InChI is InChI=1S/C30H33ClFN5O3/c1-16(2)19-8-6-9-20(17(3)4)26(19)36-29-21(28(34-30(36)39)35-13-12-33-15-18(35)5)14-22(31)27(37(29)40)25-23(32)10-7-11-24(25)38/h6-11,14,16-18,33,40H,12-13,15H2,1-5H3/t18-/m0/s1. The number of halogens is 2. The number of piperazine rings is 1. The number of aromatic nitrogens is 2. The third-order valence-corrected chi connectivity index (χ3v) is 7.84. The van der Waals surface area contributed by atoms with E-state index in [1.165, 1.54) is 16.7 Å². The Morgan fingerprint density at radius 2 is 1.82 bits per heavy atom. The van der Waals surface area contributed by atoms with Crippen LogP contribution in [0.25, 0.3) is 11.8 Å². The Labute approximate surface area is 237 Å². The summed E-state index contributed by atoms with van der Waals surface area (Å²) in [6, 6.07) is 5.84. The number of ketones is 1. The second-order valence-electron chi connectivity index (χ2n) is 10.9. The molecule has 210 valence electrons. The number of nitrogens with one attached hydrogen (secondary N) is 1. The molecule has 1 fully saturated rings. The highest BCUT2D eigenvalue weighted by molar-refractivity contribution is 6.35. The highest BCUT2D eigenvalue weighted by Crippen LogP contribution is 2.44. The molecule has 0 saturated carbocycles. The van der Waals surface area contributed by atoms with E-state index >= 15 is 4.39 Å². The molecule has 0 radical (unpaired) electrons. The number of rotatable bonds is 4. The van der Waals surface area contributed by atoms with Gasteiger partial charge < -0.3 is 10.2 Å². The van der Waals surface area contributed by atoms with Crippen LogP contribution in [0.2, 0.25) is 0 Å². The number of hydrogen-bond acceptors (Lipinski definition) is 7. The lowest BCUT2D eigenvalue weighted by Gasteiger charge is -2.38. The van der Waals surface area contributed by atoms with E-state index in [0.717, 1.165) is 17.2 Å². The smallest absolute Gasteiger partial charge is 0.351 e. The van der Waals surface area contributed by atoms with Gasteiger partial charge in [-0.2, -0.15) is 4.98 Å². The summed E-state index contributed by atoms with van der Waals surface area (Å²) in [4.78, 5) is 33.5. The summed E-state index contributed by atoms with van der Waals surface area (Å²) in [5, 5.41) is 15.8. The normalized spacial score (nSPS) is 21.2. The Balaban J connectivity index is 1.91. The van der Waals surface area contributed by atoms with E-state index in [0.29, 0.717) is 41.8 Å². The summed E-state index contributed by atoms with van der Waals surface area (Å²) in [7, 11) is 0. The Bertz CT molecular complexity index is 1540. The second kappa shape index (κ2) is 10.8. The fraction of sp³-hybridized carbons (Fsp3) is 0.367. The summed E-state index contributed by atoms with van der Waals surface area (Å²) >= 11 is 6.70. The van der Waals surface area contributed by atoms with E-state index < -0.39 is 17.3 Å². The molecule has 5 rings (SSSR count). The molecule has 0 amide bonds. The molecule has 10 heteroatoms. The number of carbonyl (C=O) groups is 1. The predicted molar refractivity (Wildman–Crippen MR) is 156 cm³/mol. The van der Waals surface area contributed by atoms with E-state index in [2.05, 4.69) is 10.3 Å². The average Bonchev–Trinajstić information content (AvgIpc) is 2.90. The van der Waals surface area contributed by atoms with Gasteiger partial charge in [0.2, 0.25) is 0 Å². The second-order valence-corrected chi connectivity index (χ2v) is 11.3. The molecule has 2 aromatic rings. The molecule has 0 spiro atoms. The lowest BCUT2D eigenvalue weighted by Crippen LogP contribution is -2.51. The lowest BCUT2D eigenvalue weighted by atomic mass is 9.92. The summed E-state index contributed by atoms with van der Waals surface area (Å²) in [6.45, 7) is 12.1. The summed E-state index contributed by atoms with van der Waals surface area (Å²) in [5.74, 6) is -0.998. The Hall–Kier alpha value is -3.53. The van der Waals surface area contributed by atoms with Crippen LogP contribution in [0.1, 0.15) is 63.1 Å². The van der Waals surface area contributed by atoms with Crippen molar-refractivity contribution in [3.05, 3.63) is 85.7 Å². The quantitative estimate of drug-likeness (QED) is 0.485. The zero-order chi connectivity index (χ0) is 28.9. The fourth-order valence-electron chi connectivity index (χ4n) is 5.56. The van der Waals surface area contributed by atoms with Crippen LogP contribution < -0.4 is 21.0 Å². The number of benzene rings is 1. The van der Waals surface area contributed by atoms with Crippen LogP contribution in [0.5, 0.6) is 0 Å². The molecule has 1 aromatic heterocycles. The van der Waals surface area contributed by atoms with Crippen molar-refractivity contribution >= 4 is 35.1 Å². The van der Waals surface area contributed by atoms with Crippen molar-refractivity contribution in [1.29, 1.82) is 0 Å². The number of anilines is 2. The number of nitrogens with zero attached hydrogens (tertiary/aromatic N) is 4. The third kappa shape index (κ3) is 4.62. The molecule has 8 nitrogen and oxygen atoms in total. The molecule has 3 heterocycles. The minimum absolute atomic E-state index is 0.000664. The first kappa shape index (κ1) is 28.0. The van der Waals surface area contributed by atoms with Gasteiger partial charge in [-0.3, -0.25) is 10.0 Å². The lowest BCUT2D eigenvalue weighted by molar-refractivity contribution is -0.111. The van der Waals surface area contributed by atoms with Gasteiger partial charge in [0.1, 0.15) is 17.3 Å². The minimum atomic E-state index is -0.832. The number of hydroxylamine groups is 1. The number of carbonyl (C=O) groups excluding carboxylic acids is 1. The van der Waals surface area contributed by atoms with Gasteiger partial charge >= 0.3 is 5.69 Å². The molecule has 1 saturated heterocycles. The van der Waals surface area contributed by atoms with E-state index in [9.17, 15) is 14.8 Å². The summed E-state index contributed by atoms with van der Waals surface area (Å²) in [5.41, 5.74) is 1.55. The van der Waals surface area contributed by atoms with Crippen molar-refractivity contribution in [2.75, 3.05) is 29.6 Å². The molecule has 1 aliphatic carbocycles. The number of fused-ring (bicyclic) bond motifs is 1. The number of allylic oxidation sites excluding steroid dienone is 6. The molecule has 40 heavy (non-hydrogen) atoms. The zero-order valence-corrected chi connectivity index (χ0v) is 24.0. The Morgan fingerprint density at radius 3 is 2.42 bits per heavy atom. The van der Waals surface area contributed by atoms with Crippen LogP contribution in [0.3, 0.4) is 0 Å². The van der Waals surface area contributed by atoms with Crippen LogP contribution >= 0.6 is 11.6 Å². The fourth-order valence-corrected chi connectivity index (χ4v) is 5.84. The topological polar surface area (TPSA) is 90.7 Å². The van der Waals surface area contributed by atoms with Crippen LogP contribution in [0.4, 0.5) is 16.0 Å². The van der Waals surface area contributed by atoms with Crippen LogP contribution in [0, 0.1) is 0 Å². The van der Waals surface area contributed by atoms with Crippen molar-refractivity contribution in [3.63, 3.8) is 0 Å². The van der Waals surface area contributed by atoms with Gasteiger partial charge in [-0.25, -0.2) is 18.8 Å². The number of hydrogen-bond donors (Lipinski definition) is 2. The molecule has 2 aliphatic heterocycles. The predicted octanol–water partition coefficient (Wildman–Crippen LogP) is 5.31. The van der Waals surface area contributed by atoms with Crippen molar-refractivity contribution < 1.29 is 14.4 Å². The molecular formula is C30H33ClFN5O3. The van der Waals surface area contributed by atoms with Crippen LogP contribution in [-0.4, -0.2) is 46.2 Å². The molecule has 1 aromatic carbocycles. The molecule has 0 unspecified atom stereocenters. The SMILES string of the molecule is CC(C)c1cccc(C(C)C)c1-n1c2c(c(N3CCNC[C@@H]3C)nc1=O)C=C(Cl)C(=C1C(=O)C=CC=C1F)N2O. The molecular weight excluding hydrogens is 533 g/mol. The maximum absolute atomic E-state index is 15.1. The van der Waals surface area contributed by atoms with Gasteiger partial charge in [-0.05, 0) is 48.1 Å². The summed E-state index contributed by atoms with van der Waals surface area (Å²) in [6.07, 6.45) is 5.20. The van der Waals surface area contributed by atoms with Gasteiger partial charge in [-0.15, -0.1) is 0 Å². The molecule has 2 N–H and O–H groups in total. The minimum Gasteiger partial charge on any atom is -0.351 e. The van der Waals surface area contributed by atoms with Gasteiger partial charge in [0.15, 0.2) is 11.6 Å². The number of para-hydroxylation sites is 1. The van der Waals surface area contributed by atoms with Crippen molar-refractivity contribution in [2.45, 2.75) is 52.5 Å². The van der Waals surface area contributed by atoms with E-state index in [-0.39, 0.29) is 40.0 Å². The van der Waals surface area contributed by atoms with Gasteiger partial charge in [0, 0.05) is 25.7 Å². The maximum Gasteiger partial charge on any atom is 0.355 e. The van der Waals surface area contributed by atoms with Crippen molar-refractivity contribution in [2.24, 2.45) is 0 Å². The van der Waals surface area contributed by atoms with Gasteiger partial charge in [-0.1, -0.05) is 63.6 Å². The molecule has 3 aliphatic rings. The van der Waals surface area contributed by atoms with Gasteiger partial charge in [0.25, 0.3) is 0 Å². The van der Waals surface area contributed by atoms with Crippen molar-refractivity contribution in [3.8, 4) is 5.69 Å². The first-order chi connectivity index (χ1) is 19.0. The van der Waals surface area contributed by atoms with E-state index in [4.69, 9.17) is 11.6 Å². The van der Waals surface area contributed by atoms with Crippen molar-refractivity contribution in [1.82, 2.24) is 14.9 Å². The molecule has 0 bridgehead atoms. The van der Waals surface area contributed by atoms with Gasteiger partial charge in [0.05, 0.1) is 21.9 Å². The largest absolute Gasteiger partial charge is 0.355 e. The maximum atomic E-state index is 15.1. The van der Waals surface area contributed by atoms with E-state index in [1.807, 2.05) is 57.7 Å². The van der Waals surface area contributed by atoms with Crippen LogP contribution in [0.15, 0.2) is 63.4 Å². The first-order valence-electron chi connectivity index (χ1n) is 13.5. The Morgan fingerprint density at radius 1 is 1.15 bits per heavy atom. The first-order valence-corrected chi connectivity index (χ1v) is 13.9. The molecule has 1 atom stereocenters. The average molecular weight is 566 g/mol. The highest BCUT2D eigenvalue weighted by atomic mass is 35.5. The highest BCUT2D eigenvalue weighted by Gasteiger charge is 2.37. The van der Waals surface area contributed by atoms with E-state index in [1.54, 1.807) is 6.08 Å². The summed E-state index contributed by atoms with van der Waals surface area (Å²) < 4.78 is 16.5. The third-order valence-electron chi connectivity index (χ3n) is 7.55. The monoisotopic (exact) mass is 565 g/mol. The zero-order valence-electron chi connectivity index (χ0n) is 23.2.